The molecule has 2 heterocycles. The van der Waals surface area contributed by atoms with Gasteiger partial charge in [0, 0.05) is 37.3 Å². The third-order valence-electron chi connectivity index (χ3n) is 6.52. The molecule has 0 spiro atoms. The number of ether oxygens (including phenoxy) is 3. The van der Waals surface area contributed by atoms with E-state index in [4.69, 9.17) is 14.2 Å². The van der Waals surface area contributed by atoms with Gasteiger partial charge in [-0.1, -0.05) is 18.2 Å². The van der Waals surface area contributed by atoms with Crippen LogP contribution in [-0.4, -0.2) is 79.2 Å². The molecule has 1 amide bonds. The summed E-state index contributed by atoms with van der Waals surface area (Å²) in [6.07, 6.45) is 0.400. The Labute approximate surface area is 216 Å². The number of rotatable bonds is 9. The zero-order valence-electron chi connectivity index (χ0n) is 21.4. The molecule has 0 aliphatic carbocycles. The lowest BCUT2D eigenvalue weighted by Crippen LogP contribution is -2.39. The number of methoxy groups -OCH3 is 1. The molecule has 9 heteroatoms. The Morgan fingerprint density at radius 3 is 2.51 bits per heavy atom. The lowest BCUT2D eigenvalue weighted by Gasteiger charge is -2.29. The summed E-state index contributed by atoms with van der Waals surface area (Å²) in [7, 11) is 1.51. The molecule has 2 aliphatic heterocycles. The largest absolute Gasteiger partial charge is 0.507 e. The van der Waals surface area contributed by atoms with Gasteiger partial charge in [0.25, 0.3) is 11.7 Å². The monoisotopic (exact) mass is 512 g/mol. The number of hydrogen-bond acceptors (Lipinski definition) is 7. The van der Waals surface area contributed by atoms with E-state index in [9.17, 15) is 19.1 Å². The van der Waals surface area contributed by atoms with Crippen molar-refractivity contribution in [2.75, 3.05) is 46.5 Å². The second kappa shape index (κ2) is 11.7. The van der Waals surface area contributed by atoms with Crippen LogP contribution >= 0.6 is 0 Å². The van der Waals surface area contributed by atoms with Crippen molar-refractivity contribution in [3.05, 3.63) is 65.0 Å². The number of carbonyl (C=O) groups is 2. The van der Waals surface area contributed by atoms with Crippen LogP contribution < -0.4 is 9.47 Å². The number of aliphatic hydroxyl groups is 1. The number of aliphatic hydroxyl groups excluding tert-OH is 1. The van der Waals surface area contributed by atoms with E-state index in [2.05, 4.69) is 4.90 Å². The van der Waals surface area contributed by atoms with Gasteiger partial charge in [0.15, 0.2) is 11.6 Å². The molecule has 0 saturated carbocycles. The number of halogens is 1. The molecule has 1 atom stereocenters. The number of para-hydroxylation sites is 1. The highest BCUT2D eigenvalue weighted by molar-refractivity contribution is 6.46. The van der Waals surface area contributed by atoms with E-state index in [0.29, 0.717) is 37.5 Å². The number of nitrogens with zero attached hydrogens (tertiary/aromatic N) is 2. The summed E-state index contributed by atoms with van der Waals surface area (Å²) in [6, 6.07) is 10.2. The number of benzene rings is 2. The first-order chi connectivity index (χ1) is 17.8. The number of likely N-dealkylation sites (tertiary alicyclic amines) is 1. The van der Waals surface area contributed by atoms with Crippen molar-refractivity contribution in [2.45, 2.75) is 32.4 Å². The molecule has 4 rings (SSSR count). The molecule has 0 unspecified atom stereocenters. The molecule has 2 saturated heterocycles. The van der Waals surface area contributed by atoms with E-state index in [0.717, 1.165) is 25.7 Å². The van der Waals surface area contributed by atoms with E-state index in [-0.39, 0.29) is 23.0 Å². The van der Waals surface area contributed by atoms with Crippen LogP contribution in [0.3, 0.4) is 0 Å². The van der Waals surface area contributed by atoms with Gasteiger partial charge in [0.1, 0.15) is 11.5 Å². The molecule has 2 aliphatic rings. The molecule has 0 bridgehead atoms. The van der Waals surface area contributed by atoms with Crippen LogP contribution in [0.1, 0.15) is 37.4 Å². The maximum Gasteiger partial charge on any atom is 0.295 e. The first-order valence-corrected chi connectivity index (χ1v) is 12.5. The molecule has 0 radical (unpaired) electrons. The molecule has 0 aromatic heterocycles. The van der Waals surface area contributed by atoms with Crippen molar-refractivity contribution in [1.82, 2.24) is 9.80 Å². The van der Waals surface area contributed by atoms with Gasteiger partial charge in [0.2, 0.25) is 0 Å². The van der Waals surface area contributed by atoms with Crippen molar-refractivity contribution in [1.29, 1.82) is 0 Å². The summed E-state index contributed by atoms with van der Waals surface area (Å²) in [5, 5.41) is 11.3. The van der Waals surface area contributed by atoms with Gasteiger partial charge >= 0.3 is 0 Å². The Morgan fingerprint density at radius 1 is 1.11 bits per heavy atom. The number of carbonyl (C=O) groups excluding carboxylic acids is 2. The maximum absolute atomic E-state index is 14.7. The Kier molecular flexibility index (Phi) is 8.45. The van der Waals surface area contributed by atoms with Crippen LogP contribution in [0.2, 0.25) is 0 Å². The van der Waals surface area contributed by atoms with Crippen LogP contribution in [-0.2, 0) is 14.3 Å². The minimum Gasteiger partial charge on any atom is -0.507 e. The van der Waals surface area contributed by atoms with Crippen LogP contribution in [0.25, 0.3) is 5.76 Å². The Morgan fingerprint density at radius 2 is 1.84 bits per heavy atom. The van der Waals surface area contributed by atoms with E-state index in [1.54, 1.807) is 38.1 Å². The molecule has 2 aromatic rings. The smallest absolute Gasteiger partial charge is 0.295 e. The van der Waals surface area contributed by atoms with Gasteiger partial charge in [-0.05, 0) is 44.5 Å². The molecule has 2 fully saturated rings. The van der Waals surface area contributed by atoms with Crippen molar-refractivity contribution in [2.24, 2.45) is 0 Å². The minimum atomic E-state index is -0.879. The molecular formula is C28H33FN2O6. The fourth-order valence-corrected chi connectivity index (χ4v) is 4.77. The number of Topliss-reactive ketones (excluding diaryl/α,β-unsaturated/α-hetero) is 1. The lowest BCUT2D eigenvalue weighted by atomic mass is 9.94. The molecule has 198 valence electrons. The van der Waals surface area contributed by atoms with Crippen molar-refractivity contribution in [3.8, 4) is 11.5 Å². The average molecular weight is 513 g/mol. The third kappa shape index (κ3) is 5.78. The second-order valence-corrected chi connectivity index (χ2v) is 9.35. The topological polar surface area (TPSA) is 88.5 Å². The summed E-state index contributed by atoms with van der Waals surface area (Å²) in [5.41, 5.74) is 0.551. The highest BCUT2D eigenvalue weighted by Gasteiger charge is 2.46. The SMILES string of the molecule is COc1ccccc1[C@H]1C(=C(O)c2ccc(OC(C)C)c(F)c2)C(=O)C(=O)N1CCCN1CCOCC1. The van der Waals surface area contributed by atoms with Gasteiger partial charge in [-0.25, -0.2) is 4.39 Å². The van der Waals surface area contributed by atoms with Gasteiger partial charge < -0.3 is 24.2 Å². The summed E-state index contributed by atoms with van der Waals surface area (Å²) >= 11 is 0. The predicted molar refractivity (Wildman–Crippen MR) is 136 cm³/mol. The number of hydrogen-bond donors (Lipinski definition) is 1. The highest BCUT2D eigenvalue weighted by Crippen LogP contribution is 2.43. The number of morpholine rings is 1. The second-order valence-electron chi connectivity index (χ2n) is 9.35. The fourth-order valence-electron chi connectivity index (χ4n) is 4.77. The Hall–Kier alpha value is -3.43. The van der Waals surface area contributed by atoms with Crippen LogP contribution in [0.4, 0.5) is 4.39 Å². The van der Waals surface area contributed by atoms with Crippen LogP contribution in [0.15, 0.2) is 48.0 Å². The zero-order valence-corrected chi connectivity index (χ0v) is 21.4. The highest BCUT2D eigenvalue weighted by atomic mass is 19.1. The van der Waals surface area contributed by atoms with Crippen LogP contribution in [0, 0.1) is 5.82 Å². The minimum absolute atomic E-state index is 0.0383. The van der Waals surface area contributed by atoms with Gasteiger partial charge in [-0.3, -0.25) is 14.5 Å². The van der Waals surface area contributed by atoms with E-state index in [1.165, 1.54) is 24.1 Å². The van der Waals surface area contributed by atoms with Crippen LogP contribution in [0.5, 0.6) is 11.5 Å². The lowest BCUT2D eigenvalue weighted by molar-refractivity contribution is -0.140. The zero-order chi connectivity index (χ0) is 26.5. The van der Waals surface area contributed by atoms with Gasteiger partial charge in [-0.15, -0.1) is 0 Å². The molecule has 2 aromatic carbocycles. The normalized spacial score (nSPS) is 20.0. The summed E-state index contributed by atoms with van der Waals surface area (Å²) in [4.78, 5) is 30.2. The first kappa shape index (κ1) is 26.6. The summed E-state index contributed by atoms with van der Waals surface area (Å²) in [6.45, 7) is 7.58. The Bertz CT molecular complexity index is 1180. The predicted octanol–water partition coefficient (Wildman–Crippen LogP) is 3.77. The van der Waals surface area contributed by atoms with Gasteiger partial charge in [-0.2, -0.15) is 0 Å². The maximum atomic E-state index is 14.7. The van der Waals surface area contributed by atoms with Crippen molar-refractivity contribution in [3.63, 3.8) is 0 Å². The Balaban J connectivity index is 1.71. The number of ketones is 1. The molecule has 1 N–H and O–H groups in total. The molecular weight excluding hydrogens is 479 g/mol. The third-order valence-corrected chi connectivity index (χ3v) is 6.52. The average Bonchev–Trinajstić information content (AvgIpc) is 3.14. The summed E-state index contributed by atoms with van der Waals surface area (Å²) < 4.78 is 31.1. The first-order valence-electron chi connectivity index (χ1n) is 12.5. The van der Waals surface area contributed by atoms with Crippen molar-refractivity contribution >= 4 is 17.4 Å². The van der Waals surface area contributed by atoms with E-state index >= 15 is 0 Å². The molecule has 8 nitrogen and oxygen atoms in total. The van der Waals surface area contributed by atoms with Gasteiger partial charge in [0.05, 0.1) is 38.0 Å². The molecule has 37 heavy (non-hydrogen) atoms. The quantitative estimate of drug-likeness (QED) is 0.311. The standard InChI is InChI=1S/C28H33FN2O6/c1-18(2)37-23-10-9-19(17-21(23)29)26(32)24-25(20-7-4-5-8-22(20)35-3)31(28(34)27(24)33)12-6-11-30-13-15-36-16-14-30/h4-5,7-10,17-18,25,32H,6,11-16H2,1-3H3/t25-/m0/s1. The van der Waals surface area contributed by atoms with E-state index < -0.39 is 29.3 Å². The summed E-state index contributed by atoms with van der Waals surface area (Å²) in [5.74, 6) is -2.13. The van der Waals surface area contributed by atoms with Crippen molar-refractivity contribution < 1.29 is 33.3 Å². The van der Waals surface area contributed by atoms with E-state index in [1.807, 2.05) is 0 Å². The fraction of sp³-hybridized carbons (Fsp3) is 0.429. The number of amides is 1.